The monoisotopic (exact) mass is 586 g/mol. The molecule has 4 rings (SSSR count). The molecule has 0 bridgehead atoms. The van der Waals surface area contributed by atoms with E-state index < -0.39 is 55.1 Å². The highest BCUT2D eigenvalue weighted by Gasteiger charge is 2.46. The zero-order valence-electron chi connectivity index (χ0n) is 19.0. The number of esters is 1. The molecule has 13 heteroatoms. The van der Waals surface area contributed by atoms with Crippen LogP contribution in [0.3, 0.4) is 0 Å². The maximum Gasteiger partial charge on any atom is 0.338 e. The number of carboxylic acids is 1. The average molecular weight is 587 g/mol. The van der Waals surface area contributed by atoms with Crippen LogP contribution in [0.2, 0.25) is 0 Å². The molecule has 2 atom stereocenters. The highest BCUT2D eigenvalue weighted by Crippen LogP contribution is 2.39. The number of alkyl halides is 2. The molecular weight excluding hydrogens is 565 g/mol. The van der Waals surface area contributed by atoms with Gasteiger partial charge in [-0.1, -0.05) is 22.0 Å². The lowest BCUT2D eigenvalue weighted by molar-refractivity contribution is -0.139. The highest BCUT2D eigenvalue weighted by atomic mass is 79.9. The van der Waals surface area contributed by atoms with Gasteiger partial charge in [0.15, 0.2) is 10.8 Å². The van der Waals surface area contributed by atoms with E-state index in [2.05, 4.69) is 31.2 Å². The first-order valence-electron chi connectivity index (χ1n) is 11.0. The minimum Gasteiger partial charge on any atom is -0.481 e. The van der Waals surface area contributed by atoms with E-state index >= 15 is 0 Å². The fraction of sp³-hybridized carbons (Fsp3) is 0.391. The van der Waals surface area contributed by atoms with Crippen molar-refractivity contribution in [3.05, 3.63) is 61.9 Å². The van der Waals surface area contributed by atoms with Gasteiger partial charge in [-0.15, -0.1) is 11.3 Å². The number of nitrogens with one attached hydrogen (secondary N) is 1. The van der Waals surface area contributed by atoms with E-state index in [1.807, 2.05) is 0 Å². The number of ether oxygens (including phenoxy) is 1. The molecule has 0 radical (unpaired) electrons. The average Bonchev–Trinajstić information content (AvgIpc) is 3.41. The number of amidine groups is 1. The Morgan fingerprint density at radius 3 is 2.81 bits per heavy atom. The molecule has 2 aliphatic heterocycles. The van der Waals surface area contributed by atoms with Crippen LogP contribution < -0.4 is 5.32 Å². The van der Waals surface area contributed by atoms with E-state index in [-0.39, 0.29) is 24.4 Å². The van der Waals surface area contributed by atoms with E-state index in [4.69, 9.17) is 4.74 Å². The van der Waals surface area contributed by atoms with Crippen molar-refractivity contribution >= 4 is 45.0 Å². The Morgan fingerprint density at radius 1 is 1.39 bits per heavy atom. The van der Waals surface area contributed by atoms with E-state index in [0.29, 0.717) is 20.9 Å². The number of hydrogen-bond acceptors (Lipinski definition) is 8. The van der Waals surface area contributed by atoms with Crippen molar-refractivity contribution in [2.24, 2.45) is 4.99 Å². The Balaban J connectivity index is 1.82. The fourth-order valence-corrected chi connectivity index (χ4v) is 5.48. The number of likely N-dealkylation sites (tertiary alicyclic amines) is 1. The summed E-state index contributed by atoms with van der Waals surface area (Å²) >= 11 is 4.61. The van der Waals surface area contributed by atoms with E-state index in [9.17, 15) is 27.9 Å². The lowest BCUT2D eigenvalue weighted by Gasteiger charge is -2.31. The minimum atomic E-state index is -3.08. The van der Waals surface area contributed by atoms with Gasteiger partial charge in [-0.3, -0.25) is 14.7 Å². The van der Waals surface area contributed by atoms with E-state index in [1.54, 1.807) is 18.5 Å². The summed E-state index contributed by atoms with van der Waals surface area (Å²) in [5, 5.41) is 14.5. The first-order valence-corrected chi connectivity index (χ1v) is 12.7. The SMILES string of the molecule is CCOC(=O)C1=C(CN2CC(F)(F)CC2CC(=O)O)NC(c2nccs2)=NC1c1ccc(F)cc1Br. The second kappa shape index (κ2) is 10.7. The predicted octanol–water partition coefficient (Wildman–Crippen LogP) is 4.14. The molecule has 2 aromatic rings. The molecule has 2 aliphatic rings. The number of carboxylic acid groups (broad SMARTS) is 1. The lowest BCUT2D eigenvalue weighted by Crippen LogP contribution is -2.42. The summed E-state index contributed by atoms with van der Waals surface area (Å²) in [6.45, 7) is 0.840. The zero-order valence-corrected chi connectivity index (χ0v) is 21.4. The molecule has 2 N–H and O–H groups in total. The molecule has 3 heterocycles. The second-order valence-electron chi connectivity index (χ2n) is 8.34. The molecule has 1 aromatic carbocycles. The molecule has 1 fully saturated rings. The molecular formula is C23H22BrF3N4O4S. The largest absolute Gasteiger partial charge is 0.481 e. The summed E-state index contributed by atoms with van der Waals surface area (Å²) in [6.07, 6.45) is 0.487. The van der Waals surface area contributed by atoms with Crippen molar-refractivity contribution in [2.75, 3.05) is 19.7 Å². The normalized spacial score (nSPS) is 21.8. The molecule has 36 heavy (non-hydrogen) atoms. The fourth-order valence-electron chi connectivity index (χ4n) is 4.32. The number of nitrogens with zero attached hydrogens (tertiary/aromatic N) is 3. The van der Waals surface area contributed by atoms with Crippen molar-refractivity contribution < 1.29 is 32.6 Å². The summed E-state index contributed by atoms with van der Waals surface area (Å²) in [6, 6.07) is 2.05. The van der Waals surface area contributed by atoms with Gasteiger partial charge in [0, 0.05) is 40.8 Å². The van der Waals surface area contributed by atoms with Crippen LogP contribution in [0.5, 0.6) is 0 Å². The number of carbonyl (C=O) groups is 2. The number of thiazole rings is 1. The number of benzene rings is 1. The summed E-state index contributed by atoms with van der Waals surface area (Å²) in [4.78, 5) is 34.8. The van der Waals surface area contributed by atoms with Gasteiger partial charge in [0.25, 0.3) is 5.92 Å². The van der Waals surface area contributed by atoms with Crippen LogP contribution in [0, 0.1) is 5.82 Å². The number of aliphatic imine (C=N–C) groups is 1. The van der Waals surface area contributed by atoms with Crippen molar-refractivity contribution in [1.29, 1.82) is 0 Å². The summed E-state index contributed by atoms with van der Waals surface area (Å²) in [5.74, 6) is -5.19. The maximum atomic E-state index is 14.3. The number of carbonyl (C=O) groups excluding carboxylic acids is 1. The van der Waals surface area contributed by atoms with Crippen LogP contribution in [0.1, 0.15) is 36.4 Å². The van der Waals surface area contributed by atoms with Crippen LogP contribution in [-0.2, 0) is 14.3 Å². The molecule has 1 aromatic heterocycles. The minimum absolute atomic E-state index is 0.0550. The van der Waals surface area contributed by atoms with Crippen LogP contribution in [-0.4, -0.2) is 64.4 Å². The molecule has 192 valence electrons. The molecule has 1 saturated heterocycles. The molecule has 2 unspecified atom stereocenters. The third-order valence-corrected chi connectivity index (χ3v) is 7.24. The molecule has 0 aliphatic carbocycles. The molecule has 8 nitrogen and oxygen atoms in total. The summed E-state index contributed by atoms with van der Waals surface area (Å²) < 4.78 is 48.1. The van der Waals surface area contributed by atoms with Gasteiger partial charge in [-0.05, 0) is 24.6 Å². The van der Waals surface area contributed by atoms with Gasteiger partial charge >= 0.3 is 11.9 Å². The van der Waals surface area contributed by atoms with Crippen LogP contribution in [0.25, 0.3) is 0 Å². The van der Waals surface area contributed by atoms with Gasteiger partial charge in [-0.25, -0.2) is 22.9 Å². The van der Waals surface area contributed by atoms with E-state index in [1.165, 1.54) is 34.4 Å². The van der Waals surface area contributed by atoms with Gasteiger partial charge in [0.2, 0.25) is 0 Å². The first kappa shape index (κ1) is 26.3. The smallest absolute Gasteiger partial charge is 0.338 e. The quantitative estimate of drug-likeness (QED) is 0.448. The van der Waals surface area contributed by atoms with Crippen LogP contribution >= 0.6 is 27.3 Å². The van der Waals surface area contributed by atoms with Crippen LogP contribution in [0.4, 0.5) is 13.2 Å². The highest BCUT2D eigenvalue weighted by molar-refractivity contribution is 9.10. The molecule has 0 amide bonds. The molecule has 0 spiro atoms. The van der Waals surface area contributed by atoms with E-state index in [0.717, 1.165) is 0 Å². The third kappa shape index (κ3) is 5.79. The lowest BCUT2D eigenvalue weighted by atomic mass is 9.95. The third-order valence-electron chi connectivity index (χ3n) is 5.77. The van der Waals surface area contributed by atoms with Crippen molar-refractivity contribution in [2.45, 2.75) is 37.8 Å². The standard InChI is InChI=1S/C23H22BrF3N4O4S/c1-2-35-22(34)18-16(10-31-11-23(26,27)9-13(31)8-17(32)33)29-20(21-28-5-6-36-21)30-19(18)14-4-3-12(25)7-15(14)24/h3-7,13,19H,2,8-11H2,1H3,(H,29,30)(H,32,33). The number of halogens is 4. The Kier molecular flexibility index (Phi) is 7.81. The predicted molar refractivity (Wildman–Crippen MR) is 129 cm³/mol. The van der Waals surface area contributed by atoms with Gasteiger partial charge in [0.1, 0.15) is 11.9 Å². The number of rotatable bonds is 8. The van der Waals surface area contributed by atoms with Crippen molar-refractivity contribution in [1.82, 2.24) is 15.2 Å². The molecule has 0 saturated carbocycles. The van der Waals surface area contributed by atoms with Gasteiger partial charge in [-0.2, -0.15) is 0 Å². The Hall–Kier alpha value is -2.77. The van der Waals surface area contributed by atoms with Crippen LogP contribution in [0.15, 0.2) is 50.5 Å². The van der Waals surface area contributed by atoms with Crippen molar-refractivity contribution in [3.8, 4) is 0 Å². The second-order valence-corrected chi connectivity index (χ2v) is 10.1. The number of aliphatic carboxylic acids is 1. The zero-order chi connectivity index (χ0) is 26.0. The first-order chi connectivity index (χ1) is 17.1. The van der Waals surface area contributed by atoms with Gasteiger partial charge < -0.3 is 15.2 Å². The number of hydrogen-bond donors (Lipinski definition) is 2. The topological polar surface area (TPSA) is 104 Å². The number of aromatic nitrogens is 1. The summed E-state index contributed by atoms with van der Waals surface area (Å²) in [7, 11) is 0. The Bertz CT molecular complexity index is 1220. The summed E-state index contributed by atoms with van der Waals surface area (Å²) in [5.41, 5.74) is 0.762. The van der Waals surface area contributed by atoms with Crippen molar-refractivity contribution in [3.63, 3.8) is 0 Å². The maximum absolute atomic E-state index is 14.3. The van der Waals surface area contributed by atoms with Gasteiger partial charge in [0.05, 0.1) is 25.1 Å². The Morgan fingerprint density at radius 2 is 2.17 bits per heavy atom. The Labute approximate surface area is 217 Å².